The van der Waals surface area contributed by atoms with Gasteiger partial charge in [0.1, 0.15) is 0 Å². The molecule has 0 saturated carbocycles. The summed E-state index contributed by atoms with van der Waals surface area (Å²) in [5.74, 6) is -2.96. The molecule has 10 heteroatoms. The van der Waals surface area contributed by atoms with Crippen LogP contribution in [0.5, 0.6) is 0 Å². The van der Waals surface area contributed by atoms with Gasteiger partial charge in [-0.15, -0.1) is 0 Å². The van der Waals surface area contributed by atoms with Crippen molar-refractivity contribution < 1.29 is 39.0 Å². The van der Waals surface area contributed by atoms with E-state index in [1.165, 1.54) is 23.3 Å². The minimum absolute atomic E-state index is 0. The van der Waals surface area contributed by atoms with Crippen molar-refractivity contribution in [3.63, 3.8) is 0 Å². The van der Waals surface area contributed by atoms with Gasteiger partial charge in [-0.2, -0.15) is 10.2 Å². The Bertz CT molecular complexity index is 959. The molecule has 0 unspecified atom stereocenters. The minimum Gasteiger partial charge on any atom is -0.741 e. The minimum atomic E-state index is -1.42. The third kappa shape index (κ3) is 9.65. The number of hydrogen-bond donors (Lipinski definition) is 1. The van der Waals surface area contributed by atoms with Gasteiger partial charge in [0, 0.05) is 6.21 Å². The molecular weight excluding hydrogens is 506 g/mol. The number of imide groups is 1. The second-order valence-corrected chi connectivity index (χ2v) is 8.49. The van der Waals surface area contributed by atoms with Crippen LogP contribution >= 0.6 is 0 Å². The Morgan fingerprint density at radius 2 is 1.68 bits per heavy atom. The van der Waals surface area contributed by atoms with Gasteiger partial charge in [0.05, 0.1) is 23.1 Å². The number of amidine groups is 1. The molecule has 2 rings (SSSR count). The topological polar surface area (TPSA) is 128 Å². The summed E-state index contributed by atoms with van der Waals surface area (Å²) < 4.78 is 0. The Hall–Kier alpha value is -2.71. The van der Waals surface area contributed by atoms with E-state index in [2.05, 4.69) is 49.7 Å². The standard InChI is InChI=1S/C13H13NO4.C11H19N3S.Zn/c1-7(2)10(13(17)18)14-11(15)8-5-3-4-6-9(8)12(14)16;1-9(2)5-4-6-10(3)7-8-13-14-11(12)15;/h3-7,10H,1-2H3,(H,17,18);5,7-8H,4,6H2,1-3H3,(H3,12,14,15);/q;;+2/p-2/b;10-7-,13-8+;/t10-;;/m0../s1. The number of carbonyl (C=O) groups is 3. The second kappa shape index (κ2) is 15.2. The summed E-state index contributed by atoms with van der Waals surface area (Å²) in [6, 6.07) is 5.07. The maximum Gasteiger partial charge on any atom is 2.00 e. The third-order valence-corrected chi connectivity index (χ3v) is 4.73. The molecule has 2 amide bonds. The second-order valence-electron chi connectivity index (χ2n) is 8.07. The number of nitrogens with zero attached hydrogens (tertiary/aromatic N) is 3. The van der Waals surface area contributed by atoms with E-state index in [0.29, 0.717) is 0 Å². The van der Waals surface area contributed by atoms with E-state index in [9.17, 15) is 19.5 Å². The average Bonchev–Trinajstić information content (AvgIpc) is 2.96. The van der Waals surface area contributed by atoms with Gasteiger partial charge in [-0.1, -0.05) is 43.2 Å². The van der Waals surface area contributed by atoms with E-state index in [1.54, 1.807) is 32.2 Å². The fourth-order valence-corrected chi connectivity index (χ4v) is 3.11. The zero-order valence-corrected chi connectivity index (χ0v) is 24.1. The fourth-order valence-electron chi connectivity index (χ4n) is 3.06. The van der Waals surface area contributed by atoms with Crippen molar-refractivity contribution in [1.29, 1.82) is 0 Å². The quantitative estimate of drug-likeness (QED) is 0.104. The smallest absolute Gasteiger partial charge is 0.741 e. The van der Waals surface area contributed by atoms with Crippen LogP contribution in [-0.2, 0) is 36.9 Å². The first-order chi connectivity index (χ1) is 15.5. The number of nitrogens with two attached hydrogens (primary N) is 1. The van der Waals surface area contributed by atoms with Crippen molar-refractivity contribution in [2.75, 3.05) is 0 Å². The molecule has 1 atom stereocenters. The van der Waals surface area contributed by atoms with Crippen LogP contribution in [0, 0.1) is 5.92 Å². The Labute approximate surface area is 219 Å². The van der Waals surface area contributed by atoms with Crippen LogP contribution in [0.2, 0.25) is 0 Å². The predicted molar refractivity (Wildman–Crippen MR) is 130 cm³/mol. The van der Waals surface area contributed by atoms with Gasteiger partial charge in [0.2, 0.25) is 0 Å². The summed E-state index contributed by atoms with van der Waals surface area (Å²) in [5.41, 5.74) is 8.24. The summed E-state index contributed by atoms with van der Waals surface area (Å²) >= 11 is 4.54. The van der Waals surface area contributed by atoms with Crippen LogP contribution in [0.1, 0.15) is 68.2 Å². The summed E-state index contributed by atoms with van der Waals surface area (Å²) in [6.45, 7) is 9.52. The Morgan fingerprint density at radius 1 is 1.15 bits per heavy atom. The normalized spacial score (nSPS) is 14.4. The molecule has 1 heterocycles. The SMILES string of the molecule is CC(C)=CCC\C(C)=C/C=N/N=C(/N)[S-].CC(C)[C@@H](C(=O)[O-])N1C(=O)c2ccccc2C1=O.[Zn+2]. The maximum atomic E-state index is 12.1. The number of hydrogen-bond acceptors (Lipinski definition) is 7. The molecule has 2 N–H and O–H groups in total. The largest absolute Gasteiger partial charge is 2.00 e. The third-order valence-electron chi connectivity index (χ3n) is 4.65. The van der Waals surface area contributed by atoms with Gasteiger partial charge < -0.3 is 28.3 Å². The first kappa shape index (κ1) is 31.3. The van der Waals surface area contributed by atoms with Crippen LogP contribution in [0.15, 0.2) is 57.8 Å². The molecule has 0 spiro atoms. The summed E-state index contributed by atoms with van der Waals surface area (Å²) in [7, 11) is 0. The van der Waals surface area contributed by atoms with E-state index < -0.39 is 29.7 Å². The van der Waals surface area contributed by atoms with Crippen molar-refractivity contribution in [2.24, 2.45) is 21.9 Å². The van der Waals surface area contributed by atoms with Crippen molar-refractivity contribution in [3.8, 4) is 0 Å². The number of allylic oxidation sites excluding steroid dienone is 4. The van der Waals surface area contributed by atoms with E-state index >= 15 is 0 Å². The number of fused-ring (bicyclic) bond motifs is 1. The van der Waals surface area contributed by atoms with Gasteiger partial charge in [0.15, 0.2) is 0 Å². The average molecular weight is 536 g/mol. The van der Waals surface area contributed by atoms with Gasteiger partial charge in [-0.05, 0) is 62.9 Å². The van der Waals surface area contributed by atoms with Crippen LogP contribution in [-0.4, -0.2) is 40.1 Å². The first-order valence-electron chi connectivity index (χ1n) is 10.5. The molecule has 1 aromatic rings. The van der Waals surface area contributed by atoms with Gasteiger partial charge in [-0.3, -0.25) is 14.5 Å². The van der Waals surface area contributed by atoms with E-state index in [0.717, 1.165) is 17.7 Å². The van der Waals surface area contributed by atoms with E-state index in [1.807, 2.05) is 6.08 Å². The van der Waals surface area contributed by atoms with Crippen molar-refractivity contribution in [2.45, 2.75) is 53.5 Å². The fraction of sp³-hybridized carbons (Fsp3) is 0.375. The summed E-state index contributed by atoms with van der Waals surface area (Å²) in [4.78, 5) is 36.0. The van der Waals surface area contributed by atoms with E-state index in [-0.39, 0.29) is 35.8 Å². The van der Waals surface area contributed by atoms with Crippen LogP contribution < -0.4 is 10.8 Å². The summed E-state index contributed by atoms with van der Waals surface area (Å²) in [5, 5.41) is 18.4. The predicted octanol–water partition coefficient (Wildman–Crippen LogP) is 2.58. The Balaban J connectivity index is 0.000000635. The Morgan fingerprint density at radius 3 is 2.09 bits per heavy atom. The molecule has 0 saturated heterocycles. The molecule has 0 bridgehead atoms. The van der Waals surface area contributed by atoms with E-state index in [4.69, 9.17) is 5.73 Å². The maximum absolute atomic E-state index is 12.1. The number of carboxylic acid groups (broad SMARTS) is 1. The van der Waals surface area contributed by atoms with Crippen LogP contribution in [0.3, 0.4) is 0 Å². The molecule has 8 nitrogen and oxygen atoms in total. The van der Waals surface area contributed by atoms with Crippen LogP contribution in [0.4, 0.5) is 0 Å². The van der Waals surface area contributed by atoms with Crippen molar-refractivity contribution in [1.82, 2.24) is 4.90 Å². The number of benzene rings is 1. The number of rotatable bonds is 8. The molecule has 1 aliphatic rings. The zero-order valence-electron chi connectivity index (χ0n) is 20.3. The molecule has 0 aliphatic carbocycles. The monoisotopic (exact) mass is 534 g/mol. The molecule has 0 radical (unpaired) electrons. The van der Waals surface area contributed by atoms with Crippen LogP contribution in [0.25, 0.3) is 0 Å². The van der Waals surface area contributed by atoms with Gasteiger partial charge >= 0.3 is 19.5 Å². The molecule has 1 aromatic carbocycles. The van der Waals surface area contributed by atoms with Gasteiger partial charge in [-0.25, -0.2) is 0 Å². The molecule has 0 aromatic heterocycles. The van der Waals surface area contributed by atoms with Crippen molar-refractivity contribution >= 4 is 41.8 Å². The molecular formula is C24H30N4O4SZn. The number of aliphatic carboxylic acids is 1. The molecule has 1 aliphatic heterocycles. The first-order valence-corrected chi connectivity index (χ1v) is 10.9. The van der Waals surface area contributed by atoms with Crippen molar-refractivity contribution in [3.05, 3.63) is 58.7 Å². The Kier molecular flexibility index (Phi) is 14.0. The number of carboxylic acids is 1. The molecule has 34 heavy (non-hydrogen) atoms. The number of carbonyl (C=O) groups excluding carboxylic acids is 3. The number of amides is 2. The molecule has 0 fully saturated rings. The van der Waals surface area contributed by atoms with Gasteiger partial charge in [0.25, 0.3) is 11.8 Å². The zero-order chi connectivity index (χ0) is 25.1. The molecule has 178 valence electrons. The summed E-state index contributed by atoms with van der Waals surface area (Å²) in [6.07, 6.45) is 7.83.